The van der Waals surface area contributed by atoms with Crippen molar-refractivity contribution in [2.45, 2.75) is 6.92 Å². The van der Waals surface area contributed by atoms with E-state index in [4.69, 9.17) is 0 Å². The Bertz CT molecular complexity index is 316. The van der Waals surface area contributed by atoms with E-state index in [1.807, 2.05) is 35.7 Å². The van der Waals surface area contributed by atoms with Crippen LogP contribution in [-0.2, 0) is 0 Å². The number of imidazole rings is 1. The summed E-state index contributed by atoms with van der Waals surface area (Å²) in [6, 6.07) is 5.89. The van der Waals surface area contributed by atoms with Crippen LogP contribution >= 0.6 is 0 Å². The average Bonchev–Trinajstić information content (AvgIpc) is 2.27. The monoisotopic (exact) mass is 131 g/mol. The molecule has 0 aromatic carbocycles. The first-order chi connectivity index (χ1) is 4.86. The van der Waals surface area contributed by atoms with Gasteiger partial charge < -0.3 is 0 Å². The molecule has 2 heterocycles. The normalized spacial score (nSPS) is 10.5. The van der Waals surface area contributed by atoms with E-state index in [1.165, 1.54) is 0 Å². The second kappa shape index (κ2) is 1.84. The molecule has 2 aromatic rings. The smallest absolute Gasteiger partial charge is 0.137 e. The van der Waals surface area contributed by atoms with Crippen molar-refractivity contribution in [1.82, 2.24) is 9.38 Å². The summed E-state index contributed by atoms with van der Waals surface area (Å²) in [7, 11) is 0. The van der Waals surface area contributed by atoms with Gasteiger partial charge in [-0.1, -0.05) is 6.07 Å². The predicted octanol–water partition coefficient (Wildman–Crippen LogP) is 1.44. The fourth-order valence-corrected chi connectivity index (χ4v) is 0.991. The minimum atomic E-state index is 0.936. The van der Waals surface area contributed by atoms with Gasteiger partial charge in [-0.25, -0.2) is 4.98 Å². The van der Waals surface area contributed by atoms with E-state index in [0.29, 0.717) is 0 Å². The molecule has 0 unspecified atom stereocenters. The van der Waals surface area contributed by atoms with Gasteiger partial charge in [0, 0.05) is 6.20 Å². The third kappa shape index (κ3) is 0.692. The minimum absolute atomic E-state index is 0.936. The van der Waals surface area contributed by atoms with E-state index in [-0.39, 0.29) is 0 Å². The maximum absolute atomic E-state index is 4.22. The van der Waals surface area contributed by atoms with Crippen LogP contribution in [0.2, 0.25) is 0 Å². The molecule has 0 saturated heterocycles. The van der Waals surface area contributed by atoms with Crippen molar-refractivity contribution < 1.29 is 0 Å². The Balaban J connectivity index is 2.88. The van der Waals surface area contributed by atoms with Crippen LogP contribution < -0.4 is 0 Å². The summed E-state index contributed by atoms with van der Waals surface area (Å²) in [6.45, 7) is 1.94. The minimum Gasteiger partial charge on any atom is -0.298 e. The number of rotatable bonds is 0. The molecule has 0 N–H and O–H groups in total. The zero-order valence-electron chi connectivity index (χ0n) is 5.70. The standard InChI is InChI=1S/C8H7N2/c1-7-6-10-5-3-2-4-8(10)9-7/h2-5H,1H3. The highest BCUT2D eigenvalue weighted by molar-refractivity contribution is 5.38. The molecule has 0 atom stereocenters. The molecule has 2 heteroatoms. The van der Waals surface area contributed by atoms with E-state index < -0.39 is 0 Å². The quantitative estimate of drug-likeness (QED) is 0.529. The number of nitrogens with zero attached hydrogens (tertiary/aromatic N) is 2. The fraction of sp³-hybridized carbons (Fsp3) is 0.125. The Hall–Kier alpha value is -1.31. The molecular formula is C8H7N2. The molecule has 2 aromatic heterocycles. The van der Waals surface area contributed by atoms with Crippen molar-refractivity contribution in [2.75, 3.05) is 0 Å². The van der Waals surface area contributed by atoms with Crippen LogP contribution in [0.5, 0.6) is 0 Å². The van der Waals surface area contributed by atoms with Crippen molar-refractivity contribution in [3.8, 4) is 0 Å². The second-order valence-electron chi connectivity index (χ2n) is 2.24. The molecule has 0 amide bonds. The molecule has 0 aliphatic carbocycles. The van der Waals surface area contributed by atoms with Crippen LogP contribution in [0.25, 0.3) is 5.65 Å². The molecule has 0 aliphatic heterocycles. The highest BCUT2D eigenvalue weighted by Crippen LogP contribution is 2.00. The third-order valence-corrected chi connectivity index (χ3v) is 1.40. The van der Waals surface area contributed by atoms with Crippen LogP contribution in [-0.4, -0.2) is 9.38 Å². The highest BCUT2D eigenvalue weighted by Gasteiger charge is 1.93. The molecule has 0 fully saturated rings. The summed E-state index contributed by atoms with van der Waals surface area (Å²) in [5, 5.41) is 0. The lowest BCUT2D eigenvalue weighted by Crippen LogP contribution is -1.78. The number of hydrogen-bond donors (Lipinski definition) is 0. The van der Waals surface area contributed by atoms with Crippen molar-refractivity contribution in [2.24, 2.45) is 0 Å². The largest absolute Gasteiger partial charge is 0.298 e. The van der Waals surface area contributed by atoms with Gasteiger partial charge in [-0.3, -0.25) is 4.40 Å². The van der Waals surface area contributed by atoms with Gasteiger partial charge in [0.05, 0.1) is 11.9 Å². The maximum atomic E-state index is 4.22. The molecule has 1 radical (unpaired) electrons. The van der Waals surface area contributed by atoms with Crippen LogP contribution in [0, 0.1) is 13.1 Å². The van der Waals surface area contributed by atoms with Gasteiger partial charge in [-0.05, 0) is 19.1 Å². The Morgan fingerprint density at radius 3 is 3.20 bits per heavy atom. The number of fused-ring (bicyclic) bond motifs is 1. The van der Waals surface area contributed by atoms with Crippen molar-refractivity contribution in [1.29, 1.82) is 0 Å². The van der Waals surface area contributed by atoms with Crippen molar-refractivity contribution >= 4 is 5.65 Å². The zero-order valence-corrected chi connectivity index (χ0v) is 5.70. The lowest BCUT2D eigenvalue weighted by atomic mass is 10.5. The topological polar surface area (TPSA) is 17.3 Å². The molecule has 2 rings (SSSR count). The van der Waals surface area contributed by atoms with Crippen LogP contribution in [0.15, 0.2) is 24.4 Å². The van der Waals surface area contributed by atoms with E-state index in [9.17, 15) is 0 Å². The molecule has 10 heavy (non-hydrogen) atoms. The average molecular weight is 131 g/mol. The maximum Gasteiger partial charge on any atom is 0.137 e. The summed E-state index contributed by atoms with van der Waals surface area (Å²) in [4.78, 5) is 4.22. The zero-order chi connectivity index (χ0) is 6.97. The molecule has 0 bridgehead atoms. The van der Waals surface area contributed by atoms with Gasteiger partial charge in [-0.15, -0.1) is 0 Å². The van der Waals surface area contributed by atoms with Gasteiger partial charge in [0.2, 0.25) is 0 Å². The Kier molecular flexibility index (Phi) is 1.01. The summed E-state index contributed by atoms with van der Waals surface area (Å²) >= 11 is 0. The van der Waals surface area contributed by atoms with Gasteiger partial charge in [-0.2, -0.15) is 0 Å². The van der Waals surface area contributed by atoms with Crippen molar-refractivity contribution in [3.63, 3.8) is 0 Å². The lowest BCUT2D eigenvalue weighted by molar-refractivity contribution is 1.17. The van der Waals surface area contributed by atoms with Crippen LogP contribution in [0.4, 0.5) is 0 Å². The van der Waals surface area contributed by atoms with Gasteiger partial charge in [0.25, 0.3) is 0 Å². The number of aryl methyl sites for hydroxylation is 1. The first-order valence-electron chi connectivity index (χ1n) is 3.19. The molecule has 49 valence electrons. The number of aromatic nitrogens is 2. The molecule has 0 spiro atoms. The summed E-state index contributed by atoms with van der Waals surface area (Å²) in [5.74, 6) is 0. The van der Waals surface area contributed by atoms with Gasteiger partial charge in [0.1, 0.15) is 5.65 Å². The summed E-state index contributed by atoms with van der Waals surface area (Å²) < 4.78 is 1.88. The lowest BCUT2D eigenvalue weighted by Gasteiger charge is -1.86. The molecular weight excluding hydrogens is 124 g/mol. The van der Waals surface area contributed by atoms with Gasteiger partial charge in [0.15, 0.2) is 0 Å². The predicted molar refractivity (Wildman–Crippen MR) is 38.8 cm³/mol. The molecule has 0 aliphatic rings. The molecule has 2 nitrogen and oxygen atoms in total. The fourth-order valence-electron chi connectivity index (χ4n) is 0.991. The van der Waals surface area contributed by atoms with E-state index in [1.54, 1.807) is 0 Å². The Morgan fingerprint density at radius 1 is 1.50 bits per heavy atom. The second-order valence-corrected chi connectivity index (χ2v) is 2.24. The van der Waals surface area contributed by atoms with E-state index in [0.717, 1.165) is 11.3 Å². The van der Waals surface area contributed by atoms with Crippen molar-refractivity contribution in [3.05, 3.63) is 36.3 Å². The Labute approximate surface area is 59.1 Å². The van der Waals surface area contributed by atoms with E-state index >= 15 is 0 Å². The van der Waals surface area contributed by atoms with Crippen LogP contribution in [0.1, 0.15) is 5.69 Å². The SMILES string of the molecule is Cc1[c]n2ccccc2n1. The summed E-state index contributed by atoms with van der Waals surface area (Å²) in [6.07, 6.45) is 5.00. The first kappa shape index (κ1) is 5.47. The number of hydrogen-bond acceptors (Lipinski definition) is 1. The van der Waals surface area contributed by atoms with Gasteiger partial charge >= 0.3 is 0 Å². The number of pyridine rings is 1. The highest BCUT2D eigenvalue weighted by atomic mass is 15.0. The first-order valence-corrected chi connectivity index (χ1v) is 3.19. The summed E-state index contributed by atoms with van der Waals surface area (Å²) in [5.41, 5.74) is 1.89. The van der Waals surface area contributed by atoms with Crippen LogP contribution in [0.3, 0.4) is 0 Å². The molecule has 0 saturated carbocycles. The third-order valence-electron chi connectivity index (χ3n) is 1.40. The Morgan fingerprint density at radius 2 is 2.40 bits per heavy atom. The van der Waals surface area contributed by atoms with E-state index in [2.05, 4.69) is 11.2 Å².